The molecule has 0 unspecified atom stereocenters. The first-order valence-corrected chi connectivity index (χ1v) is 9.90. The van der Waals surface area contributed by atoms with Crippen molar-refractivity contribution in [2.75, 3.05) is 10.0 Å². The number of hydrogen-bond acceptors (Lipinski definition) is 5. The van der Waals surface area contributed by atoms with Crippen LogP contribution in [0.5, 0.6) is 0 Å². The highest BCUT2D eigenvalue weighted by Gasteiger charge is 2.13. The van der Waals surface area contributed by atoms with Gasteiger partial charge in [0, 0.05) is 22.8 Å². The van der Waals surface area contributed by atoms with Crippen molar-refractivity contribution >= 4 is 38.1 Å². The Bertz CT molecular complexity index is 956. The van der Waals surface area contributed by atoms with Crippen molar-refractivity contribution < 1.29 is 13.2 Å². The first kappa shape index (κ1) is 17.1. The second-order valence-electron chi connectivity index (χ2n) is 5.22. The van der Waals surface area contributed by atoms with E-state index in [1.807, 2.05) is 6.07 Å². The predicted octanol–water partition coefficient (Wildman–Crippen LogP) is 3.34. The van der Waals surface area contributed by atoms with E-state index in [-0.39, 0.29) is 11.7 Å². The fraction of sp³-hybridized carbons (Fsp3) is 0.0588. The van der Waals surface area contributed by atoms with Crippen LogP contribution in [0.1, 0.15) is 15.9 Å². The lowest BCUT2D eigenvalue weighted by atomic mass is 10.2. The molecule has 0 saturated carbocycles. The number of hydrogen-bond donors (Lipinski definition) is 2. The lowest BCUT2D eigenvalue weighted by molar-refractivity contribution is 0.102. The van der Waals surface area contributed by atoms with E-state index in [9.17, 15) is 13.2 Å². The summed E-state index contributed by atoms with van der Waals surface area (Å²) in [6.45, 7) is 0. The number of nitrogens with one attached hydrogen (secondary N) is 2. The number of thiazole rings is 1. The molecule has 1 amide bonds. The molecule has 6 nitrogen and oxygen atoms in total. The highest BCUT2D eigenvalue weighted by Crippen LogP contribution is 2.17. The molecule has 25 heavy (non-hydrogen) atoms. The molecule has 0 aliphatic heterocycles. The Hall–Kier alpha value is -2.71. The fourth-order valence-corrected chi connectivity index (χ4v) is 3.90. The van der Waals surface area contributed by atoms with Gasteiger partial charge in [0.15, 0.2) is 5.13 Å². The van der Waals surface area contributed by atoms with Crippen molar-refractivity contribution in [2.45, 2.75) is 5.75 Å². The zero-order valence-corrected chi connectivity index (χ0v) is 14.7. The van der Waals surface area contributed by atoms with Crippen molar-refractivity contribution in [1.29, 1.82) is 0 Å². The molecule has 0 saturated heterocycles. The van der Waals surface area contributed by atoms with Gasteiger partial charge in [-0.05, 0) is 23.8 Å². The predicted molar refractivity (Wildman–Crippen MR) is 99.2 cm³/mol. The average molecular weight is 373 g/mol. The Morgan fingerprint density at radius 1 is 1.08 bits per heavy atom. The van der Waals surface area contributed by atoms with Gasteiger partial charge in [0.2, 0.25) is 10.0 Å². The third-order valence-corrected chi connectivity index (χ3v) is 5.20. The summed E-state index contributed by atoms with van der Waals surface area (Å²) in [6, 6.07) is 15.2. The van der Waals surface area contributed by atoms with E-state index in [2.05, 4.69) is 15.0 Å². The maximum absolute atomic E-state index is 12.3. The molecule has 0 atom stereocenters. The topological polar surface area (TPSA) is 88.2 Å². The van der Waals surface area contributed by atoms with Crippen molar-refractivity contribution in [3.8, 4) is 0 Å². The van der Waals surface area contributed by atoms with E-state index >= 15 is 0 Å². The molecule has 0 spiro atoms. The van der Waals surface area contributed by atoms with E-state index in [1.165, 1.54) is 17.4 Å². The van der Waals surface area contributed by atoms with Crippen molar-refractivity contribution in [2.24, 2.45) is 0 Å². The van der Waals surface area contributed by atoms with Crippen molar-refractivity contribution in [3.63, 3.8) is 0 Å². The van der Waals surface area contributed by atoms with E-state index in [1.54, 1.807) is 54.0 Å². The van der Waals surface area contributed by atoms with Gasteiger partial charge in [0.25, 0.3) is 5.91 Å². The van der Waals surface area contributed by atoms with Gasteiger partial charge in [-0.15, -0.1) is 11.3 Å². The maximum atomic E-state index is 12.3. The summed E-state index contributed by atoms with van der Waals surface area (Å²) in [5, 5.41) is 4.90. The molecule has 2 N–H and O–H groups in total. The summed E-state index contributed by atoms with van der Waals surface area (Å²) in [4.78, 5) is 16.2. The lowest BCUT2D eigenvalue weighted by Gasteiger charge is -2.09. The monoisotopic (exact) mass is 373 g/mol. The van der Waals surface area contributed by atoms with E-state index in [4.69, 9.17) is 0 Å². The Morgan fingerprint density at radius 2 is 1.88 bits per heavy atom. The minimum absolute atomic E-state index is 0.136. The first-order valence-electron chi connectivity index (χ1n) is 7.37. The number of sulfonamides is 1. The summed E-state index contributed by atoms with van der Waals surface area (Å²) >= 11 is 1.31. The molecule has 3 rings (SSSR count). The number of rotatable bonds is 6. The molecule has 3 aromatic rings. The van der Waals surface area contributed by atoms with Crippen LogP contribution in [0, 0.1) is 0 Å². The zero-order valence-electron chi connectivity index (χ0n) is 13.0. The maximum Gasteiger partial charge on any atom is 0.257 e. The third kappa shape index (κ3) is 4.88. The number of anilines is 2. The number of carbonyl (C=O) groups is 1. The Kier molecular flexibility index (Phi) is 5.11. The van der Waals surface area contributed by atoms with E-state index in [0.717, 1.165) is 0 Å². The lowest BCUT2D eigenvalue weighted by Crippen LogP contribution is -2.16. The summed E-state index contributed by atoms with van der Waals surface area (Å²) in [5.74, 6) is -0.484. The third-order valence-electron chi connectivity index (χ3n) is 3.25. The van der Waals surface area contributed by atoms with Gasteiger partial charge >= 0.3 is 0 Å². The number of carbonyl (C=O) groups excluding carboxylic acids is 1. The van der Waals surface area contributed by atoms with Gasteiger partial charge in [-0.3, -0.25) is 14.8 Å². The van der Waals surface area contributed by atoms with Crippen LogP contribution >= 0.6 is 11.3 Å². The summed E-state index contributed by atoms with van der Waals surface area (Å²) in [6.07, 6.45) is 1.59. The Morgan fingerprint density at radius 3 is 2.60 bits per heavy atom. The molecule has 0 aliphatic carbocycles. The van der Waals surface area contributed by atoms with Crippen LogP contribution in [0.2, 0.25) is 0 Å². The quantitative estimate of drug-likeness (QED) is 0.694. The van der Waals surface area contributed by atoms with Gasteiger partial charge in [-0.1, -0.05) is 36.4 Å². The van der Waals surface area contributed by atoms with Crippen LogP contribution in [0.3, 0.4) is 0 Å². The minimum Gasteiger partial charge on any atom is -0.298 e. The van der Waals surface area contributed by atoms with E-state index < -0.39 is 10.0 Å². The fourth-order valence-electron chi connectivity index (χ4n) is 2.19. The highest BCUT2D eigenvalue weighted by molar-refractivity contribution is 7.91. The molecule has 0 bridgehead atoms. The molecular formula is C17H15N3O3S2. The van der Waals surface area contributed by atoms with Gasteiger partial charge in [-0.25, -0.2) is 13.4 Å². The van der Waals surface area contributed by atoms with Crippen molar-refractivity contribution in [1.82, 2.24) is 4.98 Å². The molecule has 2 aromatic carbocycles. The molecule has 0 aliphatic rings. The summed E-state index contributed by atoms with van der Waals surface area (Å²) in [5.41, 5.74) is 1.37. The molecule has 1 aromatic heterocycles. The minimum atomic E-state index is -3.57. The smallest absolute Gasteiger partial charge is 0.257 e. The second kappa shape index (κ2) is 7.45. The largest absolute Gasteiger partial charge is 0.298 e. The van der Waals surface area contributed by atoms with Crippen molar-refractivity contribution in [3.05, 3.63) is 77.3 Å². The van der Waals surface area contributed by atoms with E-state index in [0.29, 0.717) is 21.9 Å². The highest BCUT2D eigenvalue weighted by atomic mass is 32.2. The van der Waals surface area contributed by atoms with Gasteiger partial charge < -0.3 is 0 Å². The molecular weight excluding hydrogens is 358 g/mol. The van der Waals surface area contributed by atoms with Crippen LogP contribution in [-0.2, 0) is 15.8 Å². The summed E-state index contributed by atoms with van der Waals surface area (Å²) in [7, 11) is -3.57. The summed E-state index contributed by atoms with van der Waals surface area (Å²) < 4.78 is 27.1. The van der Waals surface area contributed by atoms with Crippen LogP contribution < -0.4 is 10.0 Å². The SMILES string of the molecule is O=C(Nc1nccs1)c1cccc(NS(=O)(=O)Cc2ccccc2)c1. The first-order chi connectivity index (χ1) is 12.0. The molecule has 128 valence electrons. The average Bonchev–Trinajstić information content (AvgIpc) is 3.08. The van der Waals surface area contributed by atoms with Gasteiger partial charge in [-0.2, -0.15) is 0 Å². The zero-order chi connectivity index (χ0) is 17.7. The molecule has 8 heteroatoms. The van der Waals surface area contributed by atoms with Crippen LogP contribution in [0.15, 0.2) is 66.2 Å². The normalized spacial score (nSPS) is 11.0. The number of nitrogens with zero attached hydrogens (tertiary/aromatic N) is 1. The standard InChI is InChI=1S/C17H15N3O3S2/c21-16(19-17-18-9-10-24-17)14-7-4-8-15(11-14)20-25(22,23)12-13-5-2-1-3-6-13/h1-11,20H,12H2,(H,18,19,21). The van der Waals surface area contributed by atoms with Crippen LogP contribution in [0.4, 0.5) is 10.8 Å². The molecule has 1 heterocycles. The number of benzene rings is 2. The Balaban J connectivity index is 1.71. The van der Waals surface area contributed by atoms with Gasteiger partial charge in [0.05, 0.1) is 5.75 Å². The molecule has 0 fully saturated rings. The van der Waals surface area contributed by atoms with Gasteiger partial charge in [0.1, 0.15) is 0 Å². The number of aromatic nitrogens is 1. The number of amides is 1. The van der Waals surface area contributed by atoms with Crippen LogP contribution in [-0.4, -0.2) is 19.3 Å². The van der Waals surface area contributed by atoms with Crippen LogP contribution in [0.25, 0.3) is 0 Å². The Labute approximate surface area is 149 Å². The molecule has 0 radical (unpaired) electrons. The second-order valence-corrected chi connectivity index (χ2v) is 7.84.